The van der Waals surface area contributed by atoms with E-state index in [1.807, 2.05) is 24.3 Å². The van der Waals surface area contributed by atoms with Crippen LogP contribution >= 0.6 is 0 Å². The van der Waals surface area contributed by atoms with Crippen LogP contribution in [-0.2, 0) is 11.3 Å². The lowest BCUT2D eigenvalue weighted by Crippen LogP contribution is -2.30. The van der Waals surface area contributed by atoms with Gasteiger partial charge in [0.1, 0.15) is 0 Å². The van der Waals surface area contributed by atoms with E-state index in [-0.39, 0.29) is 11.8 Å². The molecule has 0 aliphatic carbocycles. The molecule has 0 radical (unpaired) electrons. The number of carbonyl (C=O) groups excluding carboxylic acids is 1. The van der Waals surface area contributed by atoms with Crippen LogP contribution in [0.4, 0.5) is 0 Å². The highest BCUT2D eigenvalue weighted by atomic mass is 16.1. The highest BCUT2D eigenvalue weighted by Crippen LogP contribution is 2.18. The molecule has 0 spiro atoms. The minimum Gasteiger partial charge on any atom is -0.359 e. The molecule has 4 heteroatoms. The van der Waals surface area contributed by atoms with Gasteiger partial charge in [0.05, 0.1) is 17.6 Å². The van der Waals surface area contributed by atoms with E-state index in [2.05, 4.69) is 16.3 Å². The van der Waals surface area contributed by atoms with Gasteiger partial charge in [-0.25, -0.2) is 0 Å². The van der Waals surface area contributed by atoms with Gasteiger partial charge in [-0.1, -0.05) is 12.1 Å². The normalized spacial score (nSPS) is 19.4. The van der Waals surface area contributed by atoms with Crippen molar-refractivity contribution in [2.24, 2.45) is 5.92 Å². The van der Waals surface area contributed by atoms with Crippen LogP contribution in [0.2, 0.25) is 0 Å². The van der Waals surface area contributed by atoms with Crippen LogP contribution in [0.1, 0.15) is 17.5 Å². The van der Waals surface area contributed by atoms with E-state index in [4.69, 9.17) is 5.26 Å². The van der Waals surface area contributed by atoms with Crippen LogP contribution in [0.3, 0.4) is 0 Å². The largest absolute Gasteiger partial charge is 0.359 e. The lowest BCUT2D eigenvalue weighted by Gasteiger charge is -2.15. The fourth-order valence-corrected chi connectivity index (χ4v) is 2.34. The van der Waals surface area contributed by atoms with Crippen molar-refractivity contribution in [3.63, 3.8) is 0 Å². The third kappa shape index (κ3) is 2.88. The molecule has 1 heterocycles. The molecule has 1 atom stereocenters. The molecule has 0 bridgehead atoms. The van der Waals surface area contributed by atoms with Crippen LogP contribution < -0.4 is 5.32 Å². The lowest BCUT2D eigenvalue weighted by molar-refractivity contribution is -0.124. The van der Waals surface area contributed by atoms with Gasteiger partial charge in [-0.05, 0) is 30.7 Å². The molecule has 1 saturated heterocycles. The lowest BCUT2D eigenvalue weighted by atomic mass is 10.1. The molecule has 1 aliphatic rings. The number of hydrogen-bond donors (Lipinski definition) is 1. The molecular formula is C14H17N3O. The van der Waals surface area contributed by atoms with Crippen LogP contribution in [-0.4, -0.2) is 30.9 Å². The van der Waals surface area contributed by atoms with Crippen molar-refractivity contribution in [3.05, 3.63) is 35.4 Å². The number of amides is 1. The number of benzene rings is 1. The fraction of sp³-hybridized carbons (Fsp3) is 0.429. The summed E-state index contributed by atoms with van der Waals surface area (Å²) in [6, 6.07) is 9.74. The molecular weight excluding hydrogens is 226 g/mol. The SMILES string of the molecule is CNC(=O)C1CCN(Cc2ccc(C#N)cc2)C1. The molecule has 4 nitrogen and oxygen atoms in total. The van der Waals surface area contributed by atoms with E-state index in [0.29, 0.717) is 5.56 Å². The first kappa shape index (κ1) is 12.6. The Hall–Kier alpha value is -1.86. The minimum atomic E-state index is 0.119. The second-order valence-electron chi connectivity index (χ2n) is 4.64. The molecule has 1 aromatic carbocycles. The molecule has 1 N–H and O–H groups in total. The number of nitrogens with one attached hydrogen (secondary N) is 1. The van der Waals surface area contributed by atoms with Crippen molar-refractivity contribution >= 4 is 5.91 Å². The van der Waals surface area contributed by atoms with Crippen molar-refractivity contribution < 1.29 is 4.79 Å². The molecule has 1 aromatic rings. The Morgan fingerprint density at radius 1 is 1.50 bits per heavy atom. The predicted octanol–water partition coefficient (Wildman–Crippen LogP) is 1.13. The van der Waals surface area contributed by atoms with E-state index in [1.54, 1.807) is 7.05 Å². The summed E-state index contributed by atoms with van der Waals surface area (Å²) in [4.78, 5) is 13.8. The number of likely N-dealkylation sites (tertiary alicyclic amines) is 1. The van der Waals surface area contributed by atoms with Crippen LogP contribution in [0.15, 0.2) is 24.3 Å². The fourth-order valence-electron chi connectivity index (χ4n) is 2.34. The summed E-state index contributed by atoms with van der Waals surface area (Å²) in [5, 5.41) is 11.4. The summed E-state index contributed by atoms with van der Waals surface area (Å²) in [7, 11) is 1.69. The predicted molar refractivity (Wildman–Crippen MR) is 68.6 cm³/mol. The van der Waals surface area contributed by atoms with Gasteiger partial charge in [-0.15, -0.1) is 0 Å². The van der Waals surface area contributed by atoms with Gasteiger partial charge in [0.15, 0.2) is 0 Å². The first-order valence-electron chi connectivity index (χ1n) is 6.16. The highest BCUT2D eigenvalue weighted by Gasteiger charge is 2.27. The molecule has 94 valence electrons. The second kappa shape index (κ2) is 5.65. The Bertz CT molecular complexity index is 461. The van der Waals surface area contributed by atoms with Crippen molar-refractivity contribution in [1.29, 1.82) is 5.26 Å². The summed E-state index contributed by atoms with van der Waals surface area (Å²) < 4.78 is 0. The zero-order chi connectivity index (χ0) is 13.0. The molecule has 1 fully saturated rings. The van der Waals surface area contributed by atoms with Crippen molar-refractivity contribution in [3.8, 4) is 6.07 Å². The standard InChI is InChI=1S/C14H17N3O/c1-16-14(18)13-6-7-17(10-13)9-12-4-2-11(8-15)3-5-12/h2-5,13H,6-7,9-10H2,1H3,(H,16,18). The summed E-state index contributed by atoms with van der Waals surface area (Å²) in [6.07, 6.45) is 0.927. The van der Waals surface area contributed by atoms with E-state index >= 15 is 0 Å². The first-order chi connectivity index (χ1) is 8.72. The van der Waals surface area contributed by atoms with Gasteiger partial charge in [-0.2, -0.15) is 5.26 Å². The maximum Gasteiger partial charge on any atom is 0.224 e. The summed E-state index contributed by atoms with van der Waals surface area (Å²) >= 11 is 0. The van der Waals surface area contributed by atoms with Crippen LogP contribution in [0.5, 0.6) is 0 Å². The summed E-state index contributed by atoms with van der Waals surface area (Å²) in [5.41, 5.74) is 1.87. The molecule has 1 aliphatic heterocycles. The van der Waals surface area contributed by atoms with Crippen LogP contribution in [0.25, 0.3) is 0 Å². The van der Waals surface area contributed by atoms with Gasteiger partial charge >= 0.3 is 0 Å². The minimum absolute atomic E-state index is 0.119. The average Bonchev–Trinajstić information content (AvgIpc) is 2.87. The topological polar surface area (TPSA) is 56.1 Å². The maximum absolute atomic E-state index is 11.5. The molecule has 1 amide bonds. The van der Waals surface area contributed by atoms with Crippen molar-refractivity contribution in [2.45, 2.75) is 13.0 Å². The third-order valence-corrected chi connectivity index (χ3v) is 3.38. The Balaban J connectivity index is 1.91. The average molecular weight is 243 g/mol. The quantitative estimate of drug-likeness (QED) is 0.865. The smallest absolute Gasteiger partial charge is 0.224 e. The number of nitrogens with zero attached hydrogens (tertiary/aromatic N) is 2. The zero-order valence-corrected chi connectivity index (χ0v) is 10.5. The Kier molecular flexibility index (Phi) is 3.96. The van der Waals surface area contributed by atoms with Gasteiger partial charge in [0.25, 0.3) is 0 Å². The van der Waals surface area contributed by atoms with Gasteiger partial charge in [-0.3, -0.25) is 9.69 Å². The maximum atomic E-state index is 11.5. The van der Waals surface area contributed by atoms with E-state index in [0.717, 1.165) is 26.1 Å². The zero-order valence-electron chi connectivity index (χ0n) is 10.5. The highest BCUT2D eigenvalue weighted by molar-refractivity contribution is 5.78. The Morgan fingerprint density at radius 2 is 2.22 bits per heavy atom. The van der Waals surface area contributed by atoms with E-state index in [9.17, 15) is 4.79 Å². The van der Waals surface area contributed by atoms with Crippen LogP contribution in [0, 0.1) is 17.2 Å². The summed E-state index contributed by atoms with van der Waals surface area (Å²) in [5.74, 6) is 0.255. The molecule has 18 heavy (non-hydrogen) atoms. The second-order valence-corrected chi connectivity index (χ2v) is 4.64. The number of hydrogen-bond acceptors (Lipinski definition) is 3. The number of carbonyl (C=O) groups is 1. The monoisotopic (exact) mass is 243 g/mol. The first-order valence-corrected chi connectivity index (χ1v) is 6.16. The molecule has 0 aromatic heterocycles. The van der Waals surface area contributed by atoms with E-state index in [1.165, 1.54) is 5.56 Å². The molecule has 0 saturated carbocycles. The number of nitriles is 1. The third-order valence-electron chi connectivity index (χ3n) is 3.38. The van der Waals surface area contributed by atoms with E-state index < -0.39 is 0 Å². The van der Waals surface area contributed by atoms with Crippen molar-refractivity contribution in [2.75, 3.05) is 20.1 Å². The molecule has 1 unspecified atom stereocenters. The van der Waals surface area contributed by atoms with Gasteiger partial charge < -0.3 is 5.32 Å². The molecule has 2 rings (SSSR count). The number of rotatable bonds is 3. The Morgan fingerprint density at radius 3 is 2.83 bits per heavy atom. The van der Waals surface area contributed by atoms with Gasteiger partial charge in [0.2, 0.25) is 5.91 Å². The van der Waals surface area contributed by atoms with Crippen molar-refractivity contribution in [1.82, 2.24) is 10.2 Å². The summed E-state index contributed by atoms with van der Waals surface area (Å²) in [6.45, 7) is 2.62. The van der Waals surface area contributed by atoms with Gasteiger partial charge in [0, 0.05) is 20.1 Å². The Labute approximate surface area is 107 Å².